The van der Waals surface area contributed by atoms with Gasteiger partial charge in [-0.1, -0.05) is 5.16 Å². The highest BCUT2D eigenvalue weighted by atomic mass is 16.4. The molecule has 0 aliphatic carbocycles. The zero-order valence-corrected chi connectivity index (χ0v) is 15.7. The Hall–Kier alpha value is -4.60. The molecule has 0 fully saturated rings. The number of carbonyl (C=O) groups excluding carboxylic acids is 1. The van der Waals surface area contributed by atoms with Gasteiger partial charge in [-0.15, -0.1) is 0 Å². The van der Waals surface area contributed by atoms with Crippen LogP contribution < -0.4 is 22.1 Å². The van der Waals surface area contributed by atoms with Gasteiger partial charge < -0.3 is 26.8 Å². The molecule has 2 aromatic carbocycles. The average Bonchev–Trinajstić information content (AvgIpc) is 3.22. The molecule has 0 saturated heterocycles. The van der Waals surface area contributed by atoms with Crippen molar-refractivity contribution in [1.29, 1.82) is 10.8 Å². The summed E-state index contributed by atoms with van der Waals surface area (Å²) in [7, 11) is 0. The molecule has 0 saturated carbocycles. The summed E-state index contributed by atoms with van der Waals surface area (Å²) in [5.74, 6) is -1.08. The van der Waals surface area contributed by atoms with Crippen molar-refractivity contribution < 1.29 is 14.4 Å². The van der Waals surface area contributed by atoms with E-state index in [9.17, 15) is 10.0 Å². The maximum absolute atomic E-state index is 11.8. The molecule has 1 amide bonds. The second-order valence-corrected chi connectivity index (χ2v) is 6.21. The number of nitrogen functional groups attached to an aromatic ring is 2. The van der Waals surface area contributed by atoms with Crippen LogP contribution >= 0.6 is 0 Å². The first-order chi connectivity index (χ1) is 14.3. The van der Waals surface area contributed by atoms with Crippen LogP contribution in [0.2, 0.25) is 0 Å². The number of furan rings is 1. The molecule has 1 aromatic heterocycles. The molecule has 30 heavy (non-hydrogen) atoms. The normalized spacial score (nSPS) is 11.1. The molecule has 3 aromatic rings. The van der Waals surface area contributed by atoms with Gasteiger partial charge in [0.05, 0.1) is 11.8 Å². The fraction of sp³-hybridized carbons (Fsp3) is 0. The first-order valence-electron chi connectivity index (χ1n) is 8.62. The minimum absolute atomic E-state index is 0.0312. The van der Waals surface area contributed by atoms with E-state index in [0.717, 1.165) is 0 Å². The fourth-order valence-electron chi connectivity index (χ4n) is 2.84. The molecule has 0 spiro atoms. The van der Waals surface area contributed by atoms with Gasteiger partial charge >= 0.3 is 0 Å². The van der Waals surface area contributed by atoms with Crippen LogP contribution in [0.4, 0.5) is 11.4 Å². The summed E-state index contributed by atoms with van der Waals surface area (Å²) >= 11 is 0. The maximum atomic E-state index is 11.8. The lowest BCUT2D eigenvalue weighted by Gasteiger charge is -2.25. The lowest BCUT2D eigenvalue weighted by atomic mass is 10.1. The number of primary amides is 1. The van der Waals surface area contributed by atoms with Gasteiger partial charge in [-0.3, -0.25) is 20.5 Å². The van der Waals surface area contributed by atoms with E-state index in [2.05, 4.69) is 5.16 Å². The standard InChI is InChI=1S/C20H19N7O3/c21-17(22)11-1-5-13(6-2-11)27(14-7-3-12(4-8-14)18(23)24)20(26-29)16-15(19(25)28)9-10-30-16/h1-10,29H,(H3,21,22)(H3,23,24)(H2,25,28). The third-order valence-electron chi connectivity index (χ3n) is 4.31. The van der Waals surface area contributed by atoms with Crippen LogP contribution in [-0.2, 0) is 0 Å². The Bertz CT molecular complexity index is 1070. The number of carbonyl (C=O) groups is 1. The third-order valence-corrected chi connectivity index (χ3v) is 4.31. The molecule has 0 aliphatic heterocycles. The van der Waals surface area contributed by atoms with Gasteiger partial charge in [0.2, 0.25) is 5.84 Å². The van der Waals surface area contributed by atoms with E-state index in [-0.39, 0.29) is 28.8 Å². The highest BCUT2D eigenvalue weighted by Gasteiger charge is 2.26. The Morgan fingerprint density at radius 1 is 0.867 bits per heavy atom. The summed E-state index contributed by atoms with van der Waals surface area (Å²) < 4.78 is 5.39. The molecule has 1 heterocycles. The van der Waals surface area contributed by atoms with Crippen LogP contribution in [-0.4, -0.2) is 28.6 Å². The van der Waals surface area contributed by atoms with Crippen LogP contribution in [0.5, 0.6) is 0 Å². The molecule has 3 rings (SSSR count). The Kier molecular flexibility index (Phi) is 5.50. The zero-order valence-electron chi connectivity index (χ0n) is 15.7. The number of hydrogen-bond donors (Lipinski definition) is 6. The quantitative estimate of drug-likeness (QED) is 0.157. The SMILES string of the molecule is N=C(N)c1ccc(N(C(=NO)c2occc2C(N)=O)c2ccc(C(=N)N)cc2)cc1. The molecule has 152 valence electrons. The molecule has 10 heteroatoms. The number of oxime groups is 1. The molecule has 0 unspecified atom stereocenters. The van der Waals surface area contributed by atoms with Crippen molar-refractivity contribution in [2.75, 3.05) is 4.90 Å². The monoisotopic (exact) mass is 405 g/mol. The number of benzene rings is 2. The number of nitrogens with two attached hydrogens (primary N) is 3. The highest BCUT2D eigenvalue weighted by Crippen LogP contribution is 2.30. The van der Waals surface area contributed by atoms with Crippen molar-refractivity contribution in [1.82, 2.24) is 0 Å². The molecular weight excluding hydrogens is 386 g/mol. The number of amidine groups is 3. The second-order valence-electron chi connectivity index (χ2n) is 6.21. The van der Waals surface area contributed by atoms with E-state index in [4.69, 9.17) is 32.4 Å². The zero-order chi connectivity index (χ0) is 21.8. The van der Waals surface area contributed by atoms with Crippen LogP contribution in [0.15, 0.2) is 70.4 Å². The van der Waals surface area contributed by atoms with Crippen molar-refractivity contribution in [3.63, 3.8) is 0 Å². The van der Waals surface area contributed by atoms with Gasteiger partial charge in [-0.25, -0.2) is 0 Å². The van der Waals surface area contributed by atoms with Gasteiger partial charge in [0.25, 0.3) is 5.91 Å². The highest BCUT2D eigenvalue weighted by molar-refractivity contribution is 6.17. The summed E-state index contributed by atoms with van der Waals surface area (Å²) in [5, 5.41) is 28.3. The molecule has 0 atom stereocenters. The van der Waals surface area contributed by atoms with Crippen LogP contribution in [0.1, 0.15) is 27.2 Å². The number of nitrogens with one attached hydrogen (secondary N) is 2. The summed E-state index contributed by atoms with van der Waals surface area (Å²) in [6, 6.07) is 14.5. The summed E-state index contributed by atoms with van der Waals surface area (Å²) in [6.45, 7) is 0. The van der Waals surface area contributed by atoms with Crippen molar-refractivity contribution in [3.05, 3.63) is 83.3 Å². The van der Waals surface area contributed by atoms with E-state index in [1.54, 1.807) is 48.5 Å². The van der Waals surface area contributed by atoms with Crippen LogP contribution in [0.25, 0.3) is 0 Å². The molecule has 10 nitrogen and oxygen atoms in total. The number of rotatable bonds is 6. The van der Waals surface area contributed by atoms with Crippen molar-refractivity contribution in [3.8, 4) is 0 Å². The first-order valence-corrected chi connectivity index (χ1v) is 8.62. The van der Waals surface area contributed by atoms with Crippen LogP contribution in [0, 0.1) is 10.8 Å². The number of anilines is 2. The predicted octanol–water partition coefficient (Wildman–Crippen LogP) is 1.92. The van der Waals surface area contributed by atoms with Gasteiger partial charge in [0.1, 0.15) is 11.7 Å². The van der Waals surface area contributed by atoms with E-state index in [1.807, 2.05) is 0 Å². The third kappa shape index (κ3) is 3.83. The fourth-order valence-corrected chi connectivity index (χ4v) is 2.84. The van der Waals surface area contributed by atoms with Crippen molar-refractivity contribution >= 4 is 34.8 Å². The predicted molar refractivity (Wildman–Crippen MR) is 113 cm³/mol. The maximum Gasteiger partial charge on any atom is 0.252 e. The molecule has 0 radical (unpaired) electrons. The first kappa shape index (κ1) is 20.1. The van der Waals surface area contributed by atoms with Gasteiger partial charge in [-0.05, 0) is 54.6 Å². The number of hydrogen-bond acceptors (Lipinski definition) is 6. The average molecular weight is 405 g/mol. The topological polar surface area (TPSA) is 192 Å². The van der Waals surface area contributed by atoms with Gasteiger partial charge in [0.15, 0.2) is 5.76 Å². The lowest BCUT2D eigenvalue weighted by molar-refractivity contribution is 0.0999. The minimum atomic E-state index is -0.751. The molecular formula is C20H19N7O3. The summed E-state index contributed by atoms with van der Waals surface area (Å²) in [4.78, 5) is 13.3. The van der Waals surface area contributed by atoms with Gasteiger partial charge in [-0.2, -0.15) is 0 Å². The van der Waals surface area contributed by atoms with E-state index >= 15 is 0 Å². The minimum Gasteiger partial charge on any atom is -0.460 e. The van der Waals surface area contributed by atoms with Gasteiger partial charge in [0, 0.05) is 22.5 Å². The molecule has 9 N–H and O–H groups in total. The largest absolute Gasteiger partial charge is 0.460 e. The molecule has 0 aliphatic rings. The molecule has 0 bridgehead atoms. The van der Waals surface area contributed by atoms with Crippen LogP contribution in [0.3, 0.4) is 0 Å². The Balaban J connectivity index is 2.17. The Morgan fingerprint density at radius 2 is 1.33 bits per heavy atom. The smallest absolute Gasteiger partial charge is 0.252 e. The number of amides is 1. The second kappa shape index (κ2) is 8.19. The van der Waals surface area contributed by atoms with E-state index in [1.165, 1.54) is 17.2 Å². The number of nitrogens with zero attached hydrogens (tertiary/aromatic N) is 2. The van der Waals surface area contributed by atoms with Crippen molar-refractivity contribution in [2.24, 2.45) is 22.4 Å². The van der Waals surface area contributed by atoms with Crippen molar-refractivity contribution in [2.45, 2.75) is 0 Å². The van der Waals surface area contributed by atoms with E-state index in [0.29, 0.717) is 22.5 Å². The summed E-state index contributed by atoms with van der Waals surface area (Å²) in [5.41, 5.74) is 18.5. The summed E-state index contributed by atoms with van der Waals surface area (Å²) in [6.07, 6.45) is 1.26. The van der Waals surface area contributed by atoms with E-state index < -0.39 is 5.91 Å². The Labute approximate surface area is 171 Å². The Morgan fingerprint density at radius 3 is 1.70 bits per heavy atom. The lowest BCUT2D eigenvalue weighted by Crippen LogP contribution is -2.29.